The van der Waals surface area contributed by atoms with E-state index in [0.29, 0.717) is 0 Å². The molecule has 3 N–H and O–H groups in total. The third kappa shape index (κ3) is 5.40. The fraction of sp³-hybridized carbons (Fsp3) is 0.444. The zero-order valence-corrected chi connectivity index (χ0v) is 15.3. The van der Waals surface area contributed by atoms with Gasteiger partial charge in [-0.15, -0.1) is 11.3 Å². The quantitative estimate of drug-likeness (QED) is 0.770. The first kappa shape index (κ1) is 18.6. The molecule has 1 amide bonds. The molecule has 0 saturated carbocycles. The second-order valence-corrected chi connectivity index (χ2v) is 6.97. The maximum Gasteiger partial charge on any atom is 0.241 e. The second-order valence-electron chi connectivity index (χ2n) is 6.25. The maximum absolute atomic E-state index is 12.2. The minimum Gasteiger partial charge on any atom is -0.325 e. The van der Waals surface area contributed by atoms with Crippen molar-refractivity contribution in [3.63, 3.8) is 0 Å². The highest BCUT2D eigenvalue weighted by atomic mass is 32.1. The molecule has 24 heavy (non-hydrogen) atoms. The largest absolute Gasteiger partial charge is 0.325 e. The summed E-state index contributed by atoms with van der Waals surface area (Å²) in [6.45, 7) is 5.63. The van der Waals surface area contributed by atoms with E-state index in [1.54, 1.807) is 11.3 Å². The Morgan fingerprint density at radius 1 is 1.42 bits per heavy atom. The molecule has 0 fully saturated rings. The number of carbonyl (C=O) groups is 1. The number of aromatic nitrogens is 1. The van der Waals surface area contributed by atoms with Gasteiger partial charge in [-0.3, -0.25) is 9.69 Å². The summed E-state index contributed by atoms with van der Waals surface area (Å²) in [6.07, 6.45) is 0.885. The summed E-state index contributed by atoms with van der Waals surface area (Å²) in [7, 11) is 2.06. The number of carbonyl (C=O) groups excluding carboxylic acids is 1. The van der Waals surface area contributed by atoms with E-state index in [0.717, 1.165) is 36.5 Å². The Labute approximate surface area is 147 Å². The SMILES string of the molecule is CCC(C)C(N)C(=O)Nc1cccc(CN(C)Cc2cscn2)c1. The van der Waals surface area contributed by atoms with Crippen LogP contribution in [-0.2, 0) is 17.9 Å². The molecule has 2 atom stereocenters. The highest BCUT2D eigenvalue weighted by Gasteiger charge is 2.19. The molecule has 1 aromatic heterocycles. The van der Waals surface area contributed by atoms with E-state index in [9.17, 15) is 4.79 Å². The van der Waals surface area contributed by atoms with Gasteiger partial charge in [0, 0.05) is 24.2 Å². The molecular formula is C18H26N4OS. The Bertz CT molecular complexity index is 644. The number of benzene rings is 1. The Balaban J connectivity index is 1.94. The molecule has 2 rings (SSSR count). The molecule has 0 saturated heterocycles. The molecule has 2 unspecified atom stereocenters. The summed E-state index contributed by atoms with van der Waals surface area (Å²) in [5.74, 6) is 0.0368. The standard InChI is InChI=1S/C18H26N4OS/c1-4-13(2)17(19)18(23)21-15-7-5-6-14(8-15)9-22(3)10-16-11-24-12-20-16/h5-8,11-13,17H,4,9-10,19H2,1-3H3,(H,21,23). The number of rotatable bonds is 8. The zero-order valence-electron chi connectivity index (χ0n) is 14.5. The van der Waals surface area contributed by atoms with Gasteiger partial charge in [-0.2, -0.15) is 0 Å². The lowest BCUT2D eigenvalue weighted by atomic mass is 9.99. The topological polar surface area (TPSA) is 71.2 Å². The lowest BCUT2D eigenvalue weighted by Gasteiger charge is -2.19. The van der Waals surface area contributed by atoms with E-state index in [4.69, 9.17) is 5.73 Å². The van der Waals surface area contributed by atoms with Gasteiger partial charge >= 0.3 is 0 Å². The van der Waals surface area contributed by atoms with Gasteiger partial charge in [0.15, 0.2) is 0 Å². The van der Waals surface area contributed by atoms with E-state index in [2.05, 4.69) is 33.7 Å². The van der Waals surface area contributed by atoms with E-state index in [1.165, 1.54) is 0 Å². The molecule has 130 valence electrons. The van der Waals surface area contributed by atoms with Crippen molar-refractivity contribution in [3.8, 4) is 0 Å². The third-order valence-electron chi connectivity index (χ3n) is 4.12. The average Bonchev–Trinajstić information content (AvgIpc) is 3.06. The van der Waals surface area contributed by atoms with Gasteiger partial charge in [-0.25, -0.2) is 4.98 Å². The lowest BCUT2D eigenvalue weighted by molar-refractivity contribution is -0.118. The van der Waals surface area contributed by atoms with E-state index >= 15 is 0 Å². The van der Waals surface area contributed by atoms with Crippen LogP contribution in [0, 0.1) is 5.92 Å². The molecule has 0 spiro atoms. The van der Waals surface area contributed by atoms with Crippen LogP contribution in [0.3, 0.4) is 0 Å². The first-order valence-electron chi connectivity index (χ1n) is 8.20. The first-order chi connectivity index (χ1) is 11.5. The van der Waals surface area contributed by atoms with Gasteiger partial charge in [-0.1, -0.05) is 32.4 Å². The number of nitrogens with one attached hydrogen (secondary N) is 1. The maximum atomic E-state index is 12.2. The smallest absolute Gasteiger partial charge is 0.241 e. The van der Waals surface area contributed by atoms with Crippen LogP contribution in [0.2, 0.25) is 0 Å². The van der Waals surface area contributed by atoms with E-state index in [-0.39, 0.29) is 11.8 Å². The second kappa shape index (κ2) is 8.92. The van der Waals surface area contributed by atoms with Crippen LogP contribution in [0.5, 0.6) is 0 Å². The highest BCUT2D eigenvalue weighted by Crippen LogP contribution is 2.15. The average molecular weight is 346 g/mol. The van der Waals surface area contributed by atoms with E-state index in [1.807, 2.05) is 37.6 Å². The van der Waals surface area contributed by atoms with Crippen LogP contribution in [0.25, 0.3) is 0 Å². The number of amides is 1. The summed E-state index contributed by atoms with van der Waals surface area (Å²) < 4.78 is 0. The van der Waals surface area contributed by atoms with Crippen LogP contribution in [0.1, 0.15) is 31.5 Å². The van der Waals surface area contributed by atoms with Crippen LogP contribution in [0.15, 0.2) is 35.2 Å². The molecule has 6 heteroatoms. The minimum atomic E-state index is -0.481. The summed E-state index contributed by atoms with van der Waals surface area (Å²) in [4.78, 5) is 18.7. The first-order valence-corrected chi connectivity index (χ1v) is 9.15. The van der Waals surface area contributed by atoms with Gasteiger partial charge in [0.05, 0.1) is 17.2 Å². The van der Waals surface area contributed by atoms with Crippen molar-refractivity contribution in [2.75, 3.05) is 12.4 Å². The Morgan fingerprint density at radius 2 is 2.21 bits per heavy atom. The zero-order chi connectivity index (χ0) is 17.5. The number of nitrogens with two attached hydrogens (primary N) is 1. The number of anilines is 1. The Morgan fingerprint density at radius 3 is 2.88 bits per heavy atom. The highest BCUT2D eigenvalue weighted by molar-refractivity contribution is 7.07. The van der Waals surface area contributed by atoms with Crippen molar-refractivity contribution in [2.24, 2.45) is 11.7 Å². The van der Waals surface area contributed by atoms with Gasteiger partial charge in [-0.05, 0) is 30.7 Å². The molecule has 5 nitrogen and oxygen atoms in total. The van der Waals surface area contributed by atoms with Crippen LogP contribution < -0.4 is 11.1 Å². The van der Waals surface area contributed by atoms with Gasteiger partial charge in [0.25, 0.3) is 0 Å². The van der Waals surface area contributed by atoms with Crippen molar-refractivity contribution >= 4 is 22.9 Å². The molecule has 0 aliphatic rings. The van der Waals surface area contributed by atoms with Gasteiger partial charge in [0.1, 0.15) is 0 Å². The Hall–Kier alpha value is -1.76. The van der Waals surface area contributed by atoms with Crippen LogP contribution >= 0.6 is 11.3 Å². The molecular weight excluding hydrogens is 320 g/mol. The van der Waals surface area contributed by atoms with Gasteiger partial charge in [0.2, 0.25) is 5.91 Å². The lowest BCUT2D eigenvalue weighted by Crippen LogP contribution is -2.40. The Kier molecular flexibility index (Phi) is 6.90. The van der Waals surface area contributed by atoms with Crippen molar-refractivity contribution in [3.05, 3.63) is 46.4 Å². The monoisotopic (exact) mass is 346 g/mol. The molecule has 2 aromatic rings. The molecule has 0 radical (unpaired) electrons. The molecule has 1 aromatic carbocycles. The number of thiazole rings is 1. The normalized spacial score (nSPS) is 13.7. The van der Waals surface area contributed by atoms with Crippen molar-refractivity contribution in [1.29, 1.82) is 0 Å². The summed E-state index contributed by atoms with van der Waals surface area (Å²) in [5, 5.41) is 4.98. The van der Waals surface area contributed by atoms with Crippen molar-refractivity contribution < 1.29 is 4.79 Å². The number of hydrogen-bond donors (Lipinski definition) is 2. The predicted octanol–water partition coefficient (Wildman–Crippen LogP) is 3.09. The van der Waals surface area contributed by atoms with E-state index < -0.39 is 6.04 Å². The number of nitrogens with zero attached hydrogens (tertiary/aromatic N) is 2. The van der Waals surface area contributed by atoms with Crippen molar-refractivity contribution in [2.45, 2.75) is 39.4 Å². The molecule has 1 heterocycles. The fourth-order valence-corrected chi connectivity index (χ4v) is 2.99. The predicted molar refractivity (Wildman–Crippen MR) is 99.8 cm³/mol. The molecule has 0 aliphatic heterocycles. The fourth-order valence-electron chi connectivity index (χ4n) is 2.45. The summed E-state index contributed by atoms with van der Waals surface area (Å²) in [5.41, 5.74) is 10.8. The molecule has 0 bridgehead atoms. The van der Waals surface area contributed by atoms with Gasteiger partial charge < -0.3 is 11.1 Å². The summed E-state index contributed by atoms with van der Waals surface area (Å²) >= 11 is 1.61. The van der Waals surface area contributed by atoms with Crippen LogP contribution in [-0.4, -0.2) is 28.9 Å². The minimum absolute atomic E-state index is 0.127. The van der Waals surface area contributed by atoms with Crippen LogP contribution in [0.4, 0.5) is 5.69 Å². The van der Waals surface area contributed by atoms with Crippen molar-refractivity contribution in [1.82, 2.24) is 9.88 Å². The number of hydrogen-bond acceptors (Lipinski definition) is 5. The molecule has 0 aliphatic carbocycles. The summed E-state index contributed by atoms with van der Waals surface area (Å²) in [6, 6.07) is 7.42. The third-order valence-corrected chi connectivity index (χ3v) is 4.76.